The van der Waals surface area contributed by atoms with Crippen LogP contribution in [0.1, 0.15) is 36.5 Å². The minimum Gasteiger partial charge on any atom is -0.390 e. The summed E-state index contributed by atoms with van der Waals surface area (Å²) in [6.45, 7) is 7.69. The Hall–Kier alpha value is -2.57. The molecule has 0 spiro atoms. The van der Waals surface area contributed by atoms with E-state index in [9.17, 15) is 9.50 Å². The number of benzene rings is 2. The van der Waals surface area contributed by atoms with Crippen LogP contribution in [0, 0.1) is 17.7 Å². The summed E-state index contributed by atoms with van der Waals surface area (Å²) in [4.78, 5) is 2.21. The molecule has 0 amide bonds. The van der Waals surface area contributed by atoms with Crippen LogP contribution in [0.3, 0.4) is 0 Å². The summed E-state index contributed by atoms with van der Waals surface area (Å²) >= 11 is 0. The summed E-state index contributed by atoms with van der Waals surface area (Å²) in [5, 5.41) is 10.1. The molecule has 0 radical (unpaired) electrons. The Morgan fingerprint density at radius 3 is 2.36 bits per heavy atom. The van der Waals surface area contributed by atoms with E-state index in [0.717, 1.165) is 42.8 Å². The molecule has 1 aliphatic rings. The van der Waals surface area contributed by atoms with Gasteiger partial charge in [-0.05, 0) is 49.6 Å². The van der Waals surface area contributed by atoms with Gasteiger partial charge in [0.25, 0.3) is 0 Å². The van der Waals surface area contributed by atoms with Crippen molar-refractivity contribution in [1.82, 2.24) is 4.90 Å². The van der Waals surface area contributed by atoms with Crippen molar-refractivity contribution >= 4 is 5.70 Å². The highest BCUT2D eigenvalue weighted by Gasteiger charge is 2.27. The highest BCUT2D eigenvalue weighted by atomic mass is 19.1. The fraction of sp³-hybridized carbons (Fsp3) is 0.273. The number of aliphatic hydroxyl groups is 1. The fourth-order valence-electron chi connectivity index (χ4n) is 2.89. The van der Waals surface area contributed by atoms with Crippen LogP contribution in [0.25, 0.3) is 5.70 Å². The molecule has 0 saturated carbocycles. The number of nitrogens with zero attached hydrogens (tertiary/aromatic N) is 1. The minimum absolute atomic E-state index is 0.305. The molecule has 2 aromatic rings. The molecule has 0 bridgehead atoms. The molecule has 3 heteroatoms. The first-order valence-electron chi connectivity index (χ1n) is 8.48. The van der Waals surface area contributed by atoms with E-state index in [1.54, 1.807) is 18.2 Å². The SMILES string of the molecule is C=C(c1ccc(C#Cc2ccccc2F)cc1)N1CCC(C)(O)CC1. The fourth-order valence-corrected chi connectivity index (χ4v) is 2.89. The number of rotatable bonds is 2. The lowest BCUT2D eigenvalue weighted by Crippen LogP contribution is -2.41. The average Bonchev–Trinajstić information content (AvgIpc) is 2.61. The molecular formula is C22H22FNO. The Morgan fingerprint density at radius 1 is 1.08 bits per heavy atom. The zero-order valence-corrected chi connectivity index (χ0v) is 14.4. The van der Waals surface area contributed by atoms with Crippen LogP contribution in [0.4, 0.5) is 4.39 Å². The Morgan fingerprint density at radius 2 is 1.72 bits per heavy atom. The van der Waals surface area contributed by atoms with Crippen LogP contribution in [0.5, 0.6) is 0 Å². The summed E-state index contributed by atoms with van der Waals surface area (Å²) in [7, 11) is 0. The molecule has 128 valence electrons. The second kappa shape index (κ2) is 7.13. The smallest absolute Gasteiger partial charge is 0.138 e. The van der Waals surface area contributed by atoms with Crippen molar-refractivity contribution in [2.75, 3.05) is 13.1 Å². The van der Waals surface area contributed by atoms with E-state index in [1.807, 2.05) is 31.2 Å². The number of piperidine rings is 1. The van der Waals surface area contributed by atoms with Crippen molar-refractivity contribution in [2.24, 2.45) is 0 Å². The minimum atomic E-state index is -0.567. The number of hydrogen-bond donors (Lipinski definition) is 1. The Labute approximate surface area is 148 Å². The normalized spacial score (nSPS) is 16.0. The standard InChI is InChI=1S/C22H22FNO/c1-17(24-15-13-22(2,25)14-16-24)19-10-7-18(8-11-19)9-12-20-5-3-4-6-21(20)23/h3-8,10-11,25H,1,13-16H2,2H3. The van der Waals surface area contributed by atoms with Crippen molar-refractivity contribution in [3.05, 3.63) is 77.6 Å². The molecular weight excluding hydrogens is 313 g/mol. The Balaban J connectivity index is 1.69. The number of hydrogen-bond acceptors (Lipinski definition) is 2. The van der Waals surface area contributed by atoms with Gasteiger partial charge in [-0.2, -0.15) is 0 Å². The van der Waals surface area contributed by atoms with Gasteiger partial charge in [-0.15, -0.1) is 0 Å². The molecule has 0 unspecified atom stereocenters. The molecule has 1 N–H and O–H groups in total. The largest absolute Gasteiger partial charge is 0.390 e. The first-order chi connectivity index (χ1) is 11.9. The molecule has 2 aromatic carbocycles. The van der Waals surface area contributed by atoms with Gasteiger partial charge in [0.15, 0.2) is 0 Å². The third-order valence-corrected chi connectivity index (χ3v) is 4.66. The van der Waals surface area contributed by atoms with Crippen molar-refractivity contribution < 1.29 is 9.50 Å². The summed E-state index contributed by atoms with van der Waals surface area (Å²) in [5.41, 5.74) is 2.67. The van der Waals surface area contributed by atoms with Gasteiger partial charge in [0.1, 0.15) is 5.82 Å². The van der Waals surface area contributed by atoms with Gasteiger partial charge >= 0.3 is 0 Å². The molecule has 0 atom stereocenters. The molecule has 25 heavy (non-hydrogen) atoms. The van der Waals surface area contributed by atoms with Gasteiger partial charge in [-0.1, -0.05) is 42.7 Å². The van der Waals surface area contributed by atoms with E-state index in [0.29, 0.717) is 5.56 Å². The van der Waals surface area contributed by atoms with Gasteiger partial charge in [0.05, 0.1) is 11.2 Å². The second-order valence-corrected chi connectivity index (χ2v) is 6.74. The van der Waals surface area contributed by atoms with Gasteiger partial charge < -0.3 is 10.0 Å². The number of likely N-dealkylation sites (tertiary alicyclic amines) is 1. The molecule has 2 nitrogen and oxygen atoms in total. The van der Waals surface area contributed by atoms with Gasteiger partial charge in [0, 0.05) is 24.4 Å². The van der Waals surface area contributed by atoms with E-state index >= 15 is 0 Å². The maximum absolute atomic E-state index is 13.6. The van der Waals surface area contributed by atoms with Crippen molar-refractivity contribution in [1.29, 1.82) is 0 Å². The zero-order valence-electron chi connectivity index (χ0n) is 14.4. The number of halogens is 1. The monoisotopic (exact) mass is 335 g/mol. The Kier molecular flexibility index (Phi) is 4.92. The van der Waals surface area contributed by atoms with E-state index in [1.165, 1.54) is 6.07 Å². The lowest BCUT2D eigenvalue weighted by molar-refractivity contribution is 0.00795. The zero-order chi connectivity index (χ0) is 17.9. The van der Waals surface area contributed by atoms with Crippen LogP contribution < -0.4 is 0 Å². The molecule has 1 heterocycles. The van der Waals surface area contributed by atoms with Crippen molar-refractivity contribution in [3.8, 4) is 11.8 Å². The van der Waals surface area contributed by atoms with Crippen LogP contribution in [0.15, 0.2) is 55.1 Å². The molecule has 0 aromatic heterocycles. The third-order valence-electron chi connectivity index (χ3n) is 4.66. The first kappa shape index (κ1) is 17.3. The van der Waals surface area contributed by atoms with Gasteiger partial charge in [-0.3, -0.25) is 0 Å². The molecule has 1 saturated heterocycles. The highest BCUT2D eigenvalue weighted by molar-refractivity contribution is 5.63. The molecule has 1 fully saturated rings. The predicted molar refractivity (Wildman–Crippen MR) is 99.3 cm³/mol. The maximum atomic E-state index is 13.6. The van der Waals surface area contributed by atoms with Crippen LogP contribution >= 0.6 is 0 Å². The van der Waals surface area contributed by atoms with Crippen molar-refractivity contribution in [3.63, 3.8) is 0 Å². The topological polar surface area (TPSA) is 23.5 Å². The predicted octanol–water partition coefficient (Wildman–Crippen LogP) is 4.04. The summed E-state index contributed by atoms with van der Waals surface area (Å²) in [6, 6.07) is 14.3. The Bertz CT molecular complexity index is 817. The van der Waals surface area contributed by atoms with Crippen molar-refractivity contribution in [2.45, 2.75) is 25.4 Å². The van der Waals surface area contributed by atoms with Crippen LogP contribution in [0.2, 0.25) is 0 Å². The maximum Gasteiger partial charge on any atom is 0.138 e. The quantitative estimate of drug-likeness (QED) is 0.837. The highest BCUT2D eigenvalue weighted by Crippen LogP contribution is 2.27. The van der Waals surface area contributed by atoms with E-state index in [4.69, 9.17) is 0 Å². The third kappa shape index (κ3) is 4.29. The summed E-state index contributed by atoms with van der Waals surface area (Å²) in [6.07, 6.45) is 1.50. The molecule has 3 rings (SSSR count). The average molecular weight is 335 g/mol. The lowest BCUT2D eigenvalue weighted by atomic mass is 9.93. The van der Waals surface area contributed by atoms with Gasteiger partial charge in [-0.25, -0.2) is 4.39 Å². The van der Waals surface area contributed by atoms with Crippen LogP contribution in [-0.4, -0.2) is 28.7 Å². The second-order valence-electron chi connectivity index (χ2n) is 6.74. The molecule has 0 aliphatic carbocycles. The summed E-state index contributed by atoms with van der Waals surface area (Å²) in [5.74, 6) is 5.55. The summed E-state index contributed by atoms with van der Waals surface area (Å²) < 4.78 is 13.6. The van der Waals surface area contributed by atoms with Gasteiger partial charge in [0.2, 0.25) is 0 Å². The lowest BCUT2D eigenvalue weighted by Gasteiger charge is -2.38. The van der Waals surface area contributed by atoms with E-state index in [-0.39, 0.29) is 5.82 Å². The van der Waals surface area contributed by atoms with Crippen LogP contribution in [-0.2, 0) is 0 Å². The van der Waals surface area contributed by atoms with E-state index < -0.39 is 5.60 Å². The first-order valence-corrected chi connectivity index (χ1v) is 8.48. The molecule has 1 aliphatic heterocycles. The van der Waals surface area contributed by atoms with E-state index in [2.05, 4.69) is 23.3 Å².